The van der Waals surface area contributed by atoms with Gasteiger partial charge >= 0.3 is 0 Å². The molecular formula is C14H21NO2. The molecule has 1 aromatic rings. The molecule has 2 rings (SSSR count). The summed E-state index contributed by atoms with van der Waals surface area (Å²) in [6, 6.07) is 8.55. The molecule has 0 amide bonds. The van der Waals surface area contributed by atoms with Crippen LogP contribution in [0.15, 0.2) is 24.3 Å². The number of nitrogens with one attached hydrogen (secondary N) is 1. The van der Waals surface area contributed by atoms with Gasteiger partial charge < -0.3 is 15.2 Å². The Morgan fingerprint density at radius 3 is 2.94 bits per heavy atom. The van der Waals surface area contributed by atoms with E-state index < -0.39 is 5.54 Å². The van der Waals surface area contributed by atoms with E-state index in [9.17, 15) is 5.11 Å². The van der Waals surface area contributed by atoms with Crippen molar-refractivity contribution in [3.63, 3.8) is 0 Å². The molecule has 1 heterocycles. The highest BCUT2D eigenvalue weighted by Crippen LogP contribution is 2.30. The number of hydrogen-bond donors (Lipinski definition) is 2. The quantitative estimate of drug-likeness (QED) is 0.836. The lowest BCUT2D eigenvalue weighted by molar-refractivity contribution is 0.00211. The van der Waals surface area contributed by atoms with Gasteiger partial charge in [0.1, 0.15) is 0 Å². The van der Waals surface area contributed by atoms with Crippen molar-refractivity contribution in [2.45, 2.75) is 38.5 Å². The maximum Gasteiger partial charge on any atom is 0.0911 e. The molecule has 0 spiro atoms. The zero-order chi connectivity index (χ0) is 12.3. The predicted octanol–water partition coefficient (Wildman–Crippen LogP) is 1.79. The van der Waals surface area contributed by atoms with Crippen LogP contribution >= 0.6 is 0 Å². The summed E-state index contributed by atoms with van der Waals surface area (Å²) in [5.41, 5.74) is 1.90. The smallest absolute Gasteiger partial charge is 0.0911 e. The normalized spacial score (nSPS) is 25.4. The Bertz CT molecular complexity index is 380. The number of fused-ring (bicyclic) bond motifs is 1. The first-order valence-electron chi connectivity index (χ1n) is 6.26. The van der Waals surface area contributed by atoms with E-state index in [2.05, 4.69) is 31.3 Å². The minimum Gasteiger partial charge on any atom is -0.394 e. The molecule has 0 bridgehead atoms. The molecule has 0 radical (unpaired) electrons. The molecule has 3 nitrogen and oxygen atoms in total. The van der Waals surface area contributed by atoms with Crippen LogP contribution in [0.2, 0.25) is 0 Å². The number of hydrogen-bond acceptors (Lipinski definition) is 3. The van der Waals surface area contributed by atoms with Gasteiger partial charge in [0.25, 0.3) is 0 Å². The van der Waals surface area contributed by atoms with Gasteiger partial charge in [0.2, 0.25) is 0 Å². The average Bonchev–Trinajstić information content (AvgIpc) is 2.39. The Morgan fingerprint density at radius 2 is 2.24 bits per heavy atom. The summed E-state index contributed by atoms with van der Waals surface area (Å²) in [7, 11) is 0. The Morgan fingerprint density at radius 1 is 1.47 bits per heavy atom. The van der Waals surface area contributed by atoms with Crippen LogP contribution in [0.25, 0.3) is 0 Å². The van der Waals surface area contributed by atoms with Crippen molar-refractivity contribution in [1.29, 1.82) is 0 Å². The summed E-state index contributed by atoms with van der Waals surface area (Å²) < 4.78 is 5.63. The molecule has 2 unspecified atom stereocenters. The molecule has 1 aliphatic heterocycles. The fourth-order valence-electron chi connectivity index (χ4n) is 2.40. The van der Waals surface area contributed by atoms with Crippen LogP contribution in [-0.2, 0) is 16.9 Å². The van der Waals surface area contributed by atoms with Gasteiger partial charge in [-0.25, -0.2) is 0 Å². The monoisotopic (exact) mass is 235 g/mol. The minimum absolute atomic E-state index is 0.0638. The van der Waals surface area contributed by atoms with Crippen LogP contribution in [-0.4, -0.2) is 24.4 Å². The van der Waals surface area contributed by atoms with Crippen molar-refractivity contribution in [1.82, 2.24) is 5.32 Å². The second-order valence-corrected chi connectivity index (χ2v) is 4.84. The molecule has 0 aromatic heterocycles. The topological polar surface area (TPSA) is 41.5 Å². The van der Waals surface area contributed by atoms with Crippen LogP contribution in [0.1, 0.15) is 31.4 Å². The molecule has 3 heteroatoms. The summed E-state index contributed by atoms with van der Waals surface area (Å²) in [5, 5.41) is 13.3. The highest BCUT2D eigenvalue weighted by Gasteiger charge is 2.37. The van der Waals surface area contributed by atoms with E-state index in [0.717, 1.165) is 6.42 Å². The number of aliphatic hydroxyl groups excluding tert-OH is 1. The summed E-state index contributed by atoms with van der Waals surface area (Å²) >= 11 is 0. The van der Waals surface area contributed by atoms with Gasteiger partial charge in [0.05, 0.1) is 25.4 Å². The second-order valence-electron chi connectivity index (χ2n) is 4.84. The summed E-state index contributed by atoms with van der Waals surface area (Å²) in [5.74, 6) is 0. The van der Waals surface area contributed by atoms with Crippen molar-refractivity contribution < 1.29 is 9.84 Å². The van der Waals surface area contributed by atoms with Gasteiger partial charge in [-0.15, -0.1) is 0 Å². The standard InChI is InChI=1S/C14H21NO2/c1-3-11(2)15-14(9-16)10-17-8-12-6-4-5-7-13(12)14/h4-7,11,15-16H,3,8-10H2,1-2H3. The number of ether oxygens (including phenoxy) is 1. The van der Waals surface area contributed by atoms with Gasteiger partial charge in [-0.2, -0.15) is 0 Å². The largest absolute Gasteiger partial charge is 0.394 e. The van der Waals surface area contributed by atoms with Gasteiger partial charge in [-0.3, -0.25) is 0 Å². The highest BCUT2D eigenvalue weighted by atomic mass is 16.5. The van der Waals surface area contributed by atoms with E-state index in [4.69, 9.17) is 4.74 Å². The second kappa shape index (κ2) is 5.17. The van der Waals surface area contributed by atoms with Gasteiger partial charge in [-0.05, 0) is 24.5 Å². The number of rotatable bonds is 4. The fourth-order valence-corrected chi connectivity index (χ4v) is 2.40. The van der Waals surface area contributed by atoms with Crippen molar-refractivity contribution in [2.24, 2.45) is 0 Å². The van der Waals surface area contributed by atoms with Gasteiger partial charge in [0.15, 0.2) is 0 Å². The predicted molar refractivity (Wildman–Crippen MR) is 67.8 cm³/mol. The maximum absolute atomic E-state index is 9.79. The molecule has 1 aromatic carbocycles. The number of aliphatic hydroxyl groups is 1. The minimum atomic E-state index is -0.440. The van der Waals surface area contributed by atoms with E-state index in [0.29, 0.717) is 19.3 Å². The maximum atomic E-state index is 9.79. The SMILES string of the molecule is CCC(C)NC1(CO)COCc2ccccc21. The van der Waals surface area contributed by atoms with Crippen LogP contribution < -0.4 is 5.32 Å². The number of benzene rings is 1. The average molecular weight is 235 g/mol. The molecule has 1 aliphatic rings. The molecule has 17 heavy (non-hydrogen) atoms. The summed E-state index contributed by atoms with van der Waals surface area (Å²) in [6.45, 7) is 5.51. The van der Waals surface area contributed by atoms with E-state index >= 15 is 0 Å². The van der Waals surface area contributed by atoms with E-state index in [-0.39, 0.29) is 6.61 Å². The molecule has 2 atom stereocenters. The Labute approximate surface area is 103 Å². The van der Waals surface area contributed by atoms with Gasteiger partial charge in [0, 0.05) is 6.04 Å². The zero-order valence-corrected chi connectivity index (χ0v) is 10.6. The van der Waals surface area contributed by atoms with Crippen LogP contribution in [0.4, 0.5) is 0 Å². The van der Waals surface area contributed by atoms with E-state index in [1.165, 1.54) is 11.1 Å². The highest BCUT2D eigenvalue weighted by molar-refractivity contribution is 5.35. The third-order valence-corrected chi connectivity index (χ3v) is 3.54. The van der Waals surface area contributed by atoms with Gasteiger partial charge in [-0.1, -0.05) is 31.2 Å². The van der Waals surface area contributed by atoms with Crippen molar-refractivity contribution in [2.75, 3.05) is 13.2 Å². The first-order chi connectivity index (χ1) is 8.22. The molecule has 0 fully saturated rings. The third kappa shape index (κ3) is 2.37. The lowest BCUT2D eigenvalue weighted by Crippen LogP contribution is -2.54. The van der Waals surface area contributed by atoms with Crippen LogP contribution in [0, 0.1) is 0 Å². The molecule has 0 saturated heterocycles. The first-order valence-corrected chi connectivity index (χ1v) is 6.26. The first kappa shape index (κ1) is 12.6. The lowest BCUT2D eigenvalue weighted by Gasteiger charge is -2.40. The van der Waals surface area contributed by atoms with Crippen molar-refractivity contribution >= 4 is 0 Å². The molecule has 2 N–H and O–H groups in total. The van der Waals surface area contributed by atoms with Crippen LogP contribution in [0.3, 0.4) is 0 Å². The Kier molecular flexibility index (Phi) is 3.82. The van der Waals surface area contributed by atoms with Crippen molar-refractivity contribution in [3.05, 3.63) is 35.4 Å². The Hall–Kier alpha value is -0.900. The molecule has 0 aliphatic carbocycles. The fraction of sp³-hybridized carbons (Fsp3) is 0.571. The Balaban J connectivity index is 2.35. The molecule has 0 saturated carbocycles. The third-order valence-electron chi connectivity index (χ3n) is 3.54. The van der Waals surface area contributed by atoms with Crippen LogP contribution in [0.5, 0.6) is 0 Å². The summed E-state index contributed by atoms with van der Waals surface area (Å²) in [4.78, 5) is 0. The van der Waals surface area contributed by atoms with E-state index in [1.807, 2.05) is 12.1 Å². The molecule has 94 valence electrons. The van der Waals surface area contributed by atoms with Crippen molar-refractivity contribution in [3.8, 4) is 0 Å². The zero-order valence-electron chi connectivity index (χ0n) is 10.6. The van der Waals surface area contributed by atoms with E-state index in [1.54, 1.807) is 0 Å². The molecular weight excluding hydrogens is 214 g/mol. The summed E-state index contributed by atoms with van der Waals surface area (Å²) in [6.07, 6.45) is 1.03. The lowest BCUT2D eigenvalue weighted by atomic mass is 9.85.